The van der Waals surface area contributed by atoms with E-state index in [1.165, 1.54) is 16.0 Å². The number of imide groups is 2. The Hall–Kier alpha value is -6.76. The Labute approximate surface area is 422 Å². The minimum Gasteiger partial charge on any atom is -0.480 e. The molecule has 17 nitrogen and oxygen atoms in total. The van der Waals surface area contributed by atoms with E-state index in [1.54, 1.807) is 61.7 Å². The first-order chi connectivity index (χ1) is 34.7. The zero-order chi connectivity index (χ0) is 50.2. The van der Waals surface area contributed by atoms with Crippen LogP contribution in [0.5, 0.6) is 5.88 Å². The summed E-state index contributed by atoms with van der Waals surface area (Å²) in [4.78, 5) is 91.9. The van der Waals surface area contributed by atoms with Crippen molar-refractivity contribution in [3.63, 3.8) is 0 Å². The van der Waals surface area contributed by atoms with Crippen LogP contribution in [0, 0.1) is 0 Å². The molecule has 374 valence electrons. The molecule has 11 rings (SSSR count). The lowest BCUT2D eigenvalue weighted by atomic mass is 9.89. The van der Waals surface area contributed by atoms with Gasteiger partial charge in [-0.05, 0) is 138 Å². The molecule has 3 fully saturated rings. The van der Waals surface area contributed by atoms with Crippen LogP contribution in [0.1, 0.15) is 118 Å². The van der Waals surface area contributed by atoms with Gasteiger partial charge in [-0.1, -0.05) is 0 Å². The topological polar surface area (TPSA) is 194 Å². The van der Waals surface area contributed by atoms with Crippen LogP contribution in [0.3, 0.4) is 0 Å². The molecule has 1 aliphatic carbocycles. The average Bonchev–Trinajstić information content (AvgIpc) is 3.87. The number of carbonyl (C=O) groups is 5. The maximum Gasteiger partial charge on any atom is 0.269 e. The minimum absolute atomic E-state index is 0.0579. The SMILES string of the molecule is COc1ncc(-c2ccnc(N3CCc4c(sc5c4CCCC5)C3=O)c2C(C)(C)O)cc1Nc1ccc(N2CCN(C3CCN(c4ccc5c(c4)C(=O)N(C4CCC(=O)NC4=O)C5=O)[C@@H](C)C3)C[C@@H]2C)cn1. The molecule has 4 aromatic heterocycles. The summed E-state index contributed by atoms with van der Waals surface area (Å²) in [6.07, 6.45) is 12.5. The van der Waals surface area contributed by atoms with Crippen molar-refractivity contribution in [1.82, 2.24) is 30.1 Å². The summed E-state index contributed by atoms with van der Waals surface area (Å²) in [5, 5.41) is 17.4. The number of piperidine rings is 2. The summed E-state index contributed by atoms with van der Waals surface area (Å²) < 4.78 is 5.71. The Morgan fingerprint density at radius 2 is 1.57 bits per heavy atom. The highest BCUT2D eigenvalue weighted by molar-refractivity contribution is 7.14. The number of aromatic nitrogens is 3. The van der Waals surface area contributed by atoms with E-state index >= 15 is 0 Å². The molecular weight excluding hydrogens is 933 g/mol. The molecule has 1 aromatic carbocycles. The Kier molecular flexibility index (Phi) is 12.3. The standard InChI is InChI=1S/C54H60N10O7S/c1-30-24-33(17-20-61(30)34-10-12-39-40(26-34)52(68)64(51(39)67)42-13-15-45(65)59-49(42)66)60-22-23-62(31(2)29-60)35-11-14-44(56-28-35)58-41-25-32(27-57-50(41)71-5)36-16-19-55-48(46(36)54(3,4)70)63-21-18-38-37-8-6-7-9-43(37)72-47(38)53(63)69/h10-12,14,16,19,25-28,30-31,33,42,70H,6-9,13,15,17-18,20-24,29H2,1-5H3,(H,56,58)(H,59,65,66)/t30-,31-,33?,42?/m0/s1. The number of nitrogens with zero attached hydrogens (tertiary/aromatic N) is 8. The molecule has 5 amide bonds. The second kappa shape index (κ2) is 18.7. The number of hydrogen-bond donors (Lipinski definition) is 3. The van der Waals surface area contributed by atoms with E-state index in [2.05, 4.69) is 50.2 Å². The molecule has 5 aliphatic heterocycles. The van der Waals surface area contributed by atoms with E-state index in [9.17, 15) is 29.1 Å². The third kappa shape index (κ3) is 8.45. The molecule has 0 radical (unpaired) electrons. The molecule has 5 aromatic rings. The zero-order valence-corrected chi connectivity index (χ0v) is 42.2. The van der Waals surface area contributed by atoms with Crippen molar-refractivity contribution < 1.29 is 33.8 Å². The Morgan fingerprint density at radius 3 is 2.32 bits per heavy atom. The molecular formula is C54H60N10O7S. The number of aryl methyl sites for hydroxylation is 1. The third-order valence-electron chi connectivity index (χ3n) is 15.6. The quantitative estimate of drug-likeness (QED) is 0.126. The van der Waals surface area contributed by atoms with Crippen LogP contribution in [-0.2, 0) is 34.5 Å². The normalized spacial score (nSPS) is 22.7. The third-order valence-corrected chi connectivity index (χ3v) is 16.9. The molecule has 3 N–H and O–H groups in total. The van der Waals surface area contributed by atoms with Crippen LogP contribution in [-0.4, -0.2) is 123 Å². The first-order valence-electron chi connectivity index (χ1n) is 25.2. The van der Waals surface area contributed by atoms with Gasteiger partial charge in [0.25, 0.3) is 17.7 Å². The maximum atomic E-state index is 14.2. The fraction of sp³-hybridized carbons (Fsp3) is 0.444. The minimum atomic E-state index is -1.34. The summed E-state index contributed by atoms with van der Waals surface area (Å²) in [6.45, 7) is 11.8. The molecule has 0 saturated carbocycles. The van der Waals surface area contributed by atoms with Crippen molar-refractivity contribution in [2.75, 3.05) is 59.9 Å². The number of thiophene rings is 1. The highest BCUT2D eigenvalue weighted by atomic mass is 32.1. The van der Waals surface area contributed by atoms with Gasteiger partial charge >= 0.3 is 0 Å². The summed E-state index contributed by atoms with van der Waals surface area (Å²) in [6, 6.07) is 13.0. The van der Waals surface area contributed by atoms with E-state index in [-0.39, 0.29) is 36.4 Å². The van der Waals surface area contributed by atoms with Crippen molar-refractivity contribution in [2.24, 2.45) is 0 Å². The number of carbonyl (C=O) groups excluding carboxylic acids is 5. The lowest BCUT2D eigenvalue weighted by molar-refractivity contribution is -0.136. The van der Waals surface area contributed by atoms with Gasteiger partial charge in [-0.15, -0.1) is 11.3 Å². The number of fused-ring (bicyclic) bond motifs is 4. The number of nitrogens with one attached hydrogen (secondary N) is 2. The van der Waals surface area contributed by atoms with Crippen molar-refractivity contribution in [3.8, 4) is 17.0 Å². The zero-order valence-electron chi connectivity index (χ0n) is 41.4. The van der Waals surface area contributed by atoms with Gasteiger partial charge in [-0.25, -0.2) is 15.0 Å². The lowest BCUT2D eigenvalue weighted by Crippen LogP contribution is -2.58. The molecule has 3 saturated heterocycles. The smallest absolute Gasteiger partial charge is 0.269 e. The first kappa shape index (κ1) is 47.6. The van der Waals surface area contributed by atoms with Crippen LogP contribution >= 0.6 is 11.3 Å². The average molecular weight is 993 g/mol. The number of aliphatic hydroxyl groups is 1. The molecule has 9 heterocycles. The van der Waals surface area contributed by atoms with Crippen LogP contribution in [0.2, 0.25) is 0 Å². The number of anilines is 5. The van der Waals surface area contributed by atoms with Gasteiger partial charge in [0, 0.05) is 91.4 Å². The second-order valence-electron chi connectivity index (χ2n) is 20.6. The number of piperazine rings is 1. The van der Waals surface area contributed by atoms with Gasteiger partial charge in [0.1, 0.15) is 23.4 Å². The molecule has 0 spiro atoms. The number of ether oxygens (including phenoxy) is 1. The lowest BCUT2D eigenvalue weighted by Gasteiger charge is -2.48. The van der Waals surface area contributed by atoms with Gasteiger partial charge in [0.2, 0.25) is 17.7 Å². The summed E-state index contributed by atoms with van der Waals surface area (Å²) in [5.74, 6) is -0.618. The van der Waals surface area contributed by atoms with E-state index in [0.29, 0.717) is 52.5 Å². The number of pyridine rings is 3. The molecule has 4 atom stereocenters. The van der Waals surface area contributed by atoms with Crippen molar-refractivity contribution >= 4 is 69.6 Å². The first-order valence-corrected chi connectivity index (χ1v) is 26.1. The molecule has 0 bridgehead atoms. The number of amides is 5. The van der Waals surface area contributed by atoms with E-state index in [1.807, 2.05) is 30.5 Å². The Balaban J connectivity index is 0.740. The van der Waals surface area contributed by atoms with Gasteiger partial charge in [0.05, 0.1) is 40.6 Å². The number of benzene rings is 1. The fourth-order valence-corrected chi connectivity index (χ4v) is 13.4. The number of methoxy groups -OCH3 is 1. The molecule has 18 heteroatoms. The molecule has 6 aliphatic rings. The van der Waals surface area contributed by atoms with Crippen molar-refractivity contribution in [3.05, 3.63) is 98.6 Å². The monoisotopic (exact) mass is 992 g/mol. The number of hydrogen-bond acceptors (Lipinski definition) is 15. The maximum absolute atomic E-state index is 14.2. The largest absolute Gasteiger partial charge is 0.480 e. The molecule has 72 heavy (non-hydrogen) atoms. The summed E-state index contributed by atoms with van der Waals surface area (Å²) in [5.41, 5.74) is 6.29. The van der Waals surface area contributed by atoms with Gasteiger partial charge < -0.3 is 25.0 Å². The van der Waals surface area contributed by atoms with Crippen molar-refractivity contribution in [1.29, 1.82) is 0 Å². The Bertz CT molecular complexity index is 3020. The van der Waals surface area contributed by atoms with Gasteiger partial charge in [-0.3, -0.25) is 44.0 Å². The van der Waals surface area contributed by atoms with E-state index in [4.69, 9.17) is 14.7 Å². The predicted molar refractivity (Wildman–Crippen MR) is 274 cm³/mol. The van der Waals surface area contributed by atoms with Crippen LogP contribution < -0.4 is 30.1 Å². The van der Waals surface area contributed by atoms with Crippen LogP contribution in [0.25, 0.3) is 11.1 Å². The van der Waals surface area contributed by atoms with Crippen LogP contribution in [0.4, 0.5) is 28.7 Å². The second-order valence-corrected chi connectivity index (χ2v) is 21.7. The Morgan fingerprint density at radius 1 is 0.778 bits per heavy atom. The summed E-state index contributed by atoms with van der Waals surface area (Å²) in [7, 11) is 1.57. The van der Waals surface area contributed by atoms with Gasteiger partial charge in [0.15, 0.2) is 0 Å². The van der Waals surface area contributed by atoms with Gasteiger partial charge in [-0.2, -0.15) is 0 Å². The van der Waals surface area contributed by atoms with E-state index < -0.39 is 35.3 Å². The fourth-order valence-electron chi connectivity index (χ4n) is 12.0. The molecule has 2 unspecified atom stereocenters. The highest BCUT2D eigenvalue weighted by Crippen LogP contribution is 2.44. The van der Waals surface area contributed by atoms with Crippen molar-refractivity contribution in [2.45, 2.75) is 115 Å². The van der Waals surface area contributed by atoms with Crippen LogP contribution in [0.15, 0.2) is 61.1 Å². The predicted octanol–water partition coefficient (Wildman–Crippen LogP) is 6.63. The van der Waals surface area contributed by atoms with E-state index in [0.717, 1.165) is 97.8 Å². The summed E-state index contributed by atoms with van der Waals surface area (Å²) >= 11 is 1.63. The highest BCUT2D eigenvalue weighted by Gasteiger charge is 2.45. The number of rotatable bonds is 10.